The van der Waals surface area contributed by atoms with E-state index in [1.807, 2.05) is 0 Å². The Labute approximate surface area is 153 Å². The van der Waals surface area contributed by atoms with Gasteiger partial charge in [0.1, 0.15) is 5.56 Å². The van der Waals surface area contributed by atoms with E-state index in [0.29, 0.717) is 24.5 Å². The predicted octanol–water partition coefficient (Wildman–Crippen LogP) is 3.92. The highest BCUT2D eigenvalue weighted by Gasteiger charge is 2.31. The molecule has 0 aliphatic carbocycles. The Morgan fingerprint density at radius 2 is 1.74 bits per heavy atom. The number of benzene rings is 1. The summed E-state index contributed by atoms with van der Waals surface area (Å²) < 4.78 is 42.4. The van der Waals surface area contributed by atoms with Crippen LogP contribution in [-0.2, 0) is 6.18 Å². The zero-order valence-electron chi connectivity index (χ0n) is 14.4. The summed E-state index contributed by atoms with van der Waals surface area (Å²) in [5.74, 6) is 0.269. The van der Waals surface area contributed by atoms with E-state index in [0.717, 1.165) is 25.0 Å². The second-order valence-electron chi connectivity index (χ2n) is 6.43. The Balaban J connectivity index is 1.83. The first kappa shape index (κ1) is 17.4. The van der Waals surface area contributed by atoms with Crippen molar-refractivity contribution in [2.24, 2.45) is 0 Å². The number of amides is 1. The van der Waals surface area contributed by atoms with Crippen LogP contribution in [0.2, 0.25) is 0 Å². The molecule has 1 aliphatic rings. The number of rotatable bonds is 3. The molecule has 1 saturated heterocycles. The van der Waals surface area contributed by atoms with Crippen LogP contribution in [0.15, 0.2) is 55.0 Å². The fourth-order valence-electron chi connectivity index (χ4n) is 3.31. The van der Waals surface area contributed by atoms with E-state index in [4.69, 9.17) is 0 Å². The molecule has 5 nitrogen and oxygen atoms in total. The van der Waals surface area contributed by atoms with Crippen molar-refractivity contribution in [2.45, 2.75) is 19.0 Å². The van der Waals surface area contributed by atoms with Crippen LogP contribution in [0.25, 0.3) is 11.5 Å². The number of likely N-dealkylation sites (tertiary alicyclic amines) is 1. The van der Waals surface area contributed by atoms with Crippen LogP contribution in [0.5, 0.6) is 0 Å². The van der Waals surface area contributed by atoms with Crippen LogP contribution in [-0.4, -0.2) is 38.2 Å². The first-order chi connectivity index (χ1) is 12.9. The lowest BCUT2D eigenvalue weighted by molar-refractivity contribution is -0.137. The molecule has 1 aliphatic heterocycles. The second-order valence-corrected chi connectivity index (χ2v) is 6.43. The normalized spacial score (nSPS) is 14.7. The molecule has 2 aromatic heterocycles. The summed E-state index contributed by atoms with van der Waals surface area (Å²) in [5.41, 5.74) is -0.152. The zero-order chi connectivity index (χ0) is 19.0. The summed E-state index contributed by atoms with van der Waals surface area (Å²) >= 11 is 0. The molecule has 1 fully saturated rings. The molecule has 0 N–H and O–H groups in total. The number of hydrogen-bond acceptors (Lipinski definition) is 2. The van der Waals surface area contributed by atoms with Gasteiger partial charge in [0, 0.05) is 25.5 Å². The van der Waals surface area contributed by atoms with Crippen molar-refractivity contribution < 1.29 is 18.0 Å². The molecule has 0 saturated carbocycles. The number of hydrogen-bond donors (Lipinski definition) is 0. The number of nitrogens with zero attached hydrogens (tertiary/aromatic N) is 4. The fraction of sp³-hybridized carbons (Fsp3) is 0.263. The smallest absolute Gasteiger partial charge is 0.338 e. The quantitative estimate of drug-likeness (QED) is 0.698. The molecule has 0 radical (unpaired) electrons. The number of carbonyl (C=O) groups is 1. The Kier molecular flexibility index (Phi) is 4.25. The molecule has 3 aromatic rings. The maximum atomic E-state index is 13.1. The third-order valence-electron chi connectivity index (χ3n) is 4.63. The third-order valence-corrected chi connectivity index (χ3v) is 4.63. The number of aromatic nitrogens is 3. The van der Waals surface area contributed by atoms with Crippen molar-refractivity contribution in [1.29, 1.82) is 0 Å². The minimum Gasteiger partial charge on any atom is -0.338 e. The van der Waals surface area contributed by atoms with Crippen molar-refractivity contribution in [3.8, 4) is 11.5 Å². The van der Waals surface area contributed by atoms with Crippen molar-refractivity contribution in [1.82, 2.24) is 19.2 Å². The van der Waals surface area contributed by atoms with Gasteiger partial charge in [0.25, 0.3) is 5.91 Å². The molecule has 8 heteroatoms. The average molecular weight is 374 g/mol. The first-order valence-electron chi connectivity index (χ1n) is 8.63. The second kappa shape index (κ2) is 6.61. The van der Waals surface area contributed by atoms with E-state index in [9.17, 15) is 18.0 Å². The van der Waals surface area contributed by atoms with E-state index in [-0.39, 0.29) is 11.6 Å². The molecule has 140 valence electrons. The summed E-state index contributed by atoms with van der Waals surface area (Å²) in [6, 6.07) is 8.49. The lowest BCUT2D eigenvalue weighted by atomic mass is 10.2. The highest BCUT2D eigenvalue weighted by atomic mass is 19.4. The van der Waals surface area contributed by atoms with E-state index in [1.54, 1.807) is 40.1 Å². The molecule has 0 unspecified atom stereocenters. The standard InChI is InChI=1S/C19H17F3N4O/c20-19(21,22)14-6-5-7-15(12-14)26-17(24-8-1-2-9-24)16(13-23-26)18(27)25-10-3-4-11-25/h1-2,5-9,12-13H,3-4,10-11H2. The van der Waals surface area contributed by atoms with Crippen LogP contribution < -0.4 is 0 Å². The van der Waals surface area contributed by atoms with E-state index in [2.05, 4.69) is 5.10 Å². The van der Waals surface area contributed by atoms with Gasteiger partial charge in [-0.3, -0.25) is 4.79 Å². The molecule has 0 atom stereocenters. The lowest BCUT2D eigenvalue weighted by Crippen LogP contribution is -2.28. The van der Waals surface area contributed by atoms with Gasteiger partial charge < -0.3 is 9.47 Å². The summed E-state index contributed by atoms with van der Waals surface area (Å²) in [5, 5.41) is 4.24. The molecule has 1 aromatic carbocycles. The Bertz CT molecular complexity index is 954. The van der Waals surface area contributed by atoms with Crippen LogP contribution >= 0.6 is 0 Å². The van der Waals surface area contributed by atoms with Gasteiger partial charge in [0.05, 0.1) is 17.4 Å². The Morgan fingerprint density at radius 1 is 1.04 bits per heavy atom. The molecular weight excluding hydrogens is 357 g/mol. The molecule has 3 heterocycles. The van der Waals surface area contributed by atoms with Crippen LogP contribution in [0.4, 0.5) is 13.2 Å². The van der Waals surface area contributed by atoms with E-state index < -0.39 is 11.7 Å². The Morgan fingerprint density at radius 3 is 2.41 bits per heavy atom. The highest BCUT2D eigenvalue weighted by Crippen LogP contribution is 2.31. The van der Waals surface area contributed by atoms with Gasteiger partial charge in [-0.15, -0.1) is 0 Å². The average Bonchev–Trinajstić information content (AvgIpc) is 3.41. The monoisotopic (exact) mass is 374 g/mol. The lowest BCUT2D eigenvalue weighted by Gasteiger charge is -2.17. The maximum Gasteiger partial charge on any atom is 0.416 e. The predicted molar refractivity (Wildman–Crippen MR) is 93.0 cm³/mol. The van der Waals surface area contributed by atoms with Crippen molar-refractivity contribution in [3.63, 3.8) is 0 Å². The molecular formula is C19H17F3N4O. The van der Waals surface area contributed by atoms with Crippen LogP contribution in [0.1, 0.15) is 28.8 Å². The Hall–Kier alpha value is -3.03. The fourth-order valence-corrected chi connectivity index (χ4v) is 3.31. The van der Waals surface area contributed by atoms with Crippen molar-refractivity contribution >= 4 is 5.91 Å². The molecule has 0 spiro atoms. The van der Waals surface area contributed by atoms with Gasteiger partial charge >= 0.3 is 6.18 Å². The molecule has 27 heavy (non-hydrogen) atoms. The van der Waals surface area contributed by atoms with Crippen LogP contribution in [0.3, 0.4) is 0 Å². The zero-order valence-corrected chi connectivity index (χ0v) is 14.4. The topological polar surface area (TPSA) is 43.1 Å². The molecule has 1 amide bonds. The summed E-state index contributed by atoms with van der Waals surface area (Å²) in [4.78, 5) is 14.7. The van der Waals surface area contributed by atoms with Gasteiger partial charge in [0.2, 0.25) is 0 Å². The van der Waals surface area contributed by atoms with Gasteiger partial charge in [-0.2, -0.15) is 18.3 Å². The first-order valence-corrected chi connectivity index (χ1v) is 8.63. The van der Waals surface area contributed by atoms with Gasteiger partial charge in [-0.05, 0) is 43.2 Å². The molecule has 0 bridgehead atoms. The maximum absolute atomic E-state index is 13.1. The third kappa shape index (κ3) is 3.22. The summed E-state index contributed by atoms with van der Waals surface area (Å²) in [6.07, 6.45) is 2.35. The van der Waals surface area contributed by atoms with Crippen LogP contribution in [0, 0.1) is 0 Å². The summed E-state index contributed by atoms with van der Waals surface area (Å²) in [7, 11) is 0. The highest BCUT2D eigenvalue weighted by molar-refractivity contribution is 5.97. The van der Waals surface area contributed by atoms with Crippen molar-refractivity contribution in [3.05, 3.63) is 66.1 Å². The van der Waals surface area contributed by atoms with Gasteiger partial charge in [-0.1, -0.05) is 6.07 Å². The number of carbonyl (C=O) groups excluding carboxylic acids is 1. The van der Waals surface area contributed by atoms with Crippen molar-refractivity contribution in [2.75, 3.05) is 13.1 Å². The SMILES string of the molecule is O=C(c1cnn(-c2cccc(C(F)(F)F)c2)c1-n1cccc1)N1CCCC1. The summed E-state index contributed by atoms with van der Waals surface area (Å²) in [6.45, 7) is 1.36. The number of alkyl halides is 3. The van der Waals surface area contributed by atoms with E-state index in [1.165, 1.54) is 16.9 Å². The van der Waals surface area contributed by atoms with Gasteiger partial charge in [0.15, 0.2) is 5.82 Å². The van der Waals surface area contributed by atoms with E-state index >= 15 is 0 Å². The minimum absolute atomic E-state index is 0.158. The largest absolute Gasteiger partial charge is 0.416 e. The minimum atomic E-state index is -4.45. The molecule has 4 rings (SSSR count). The number of halogens is 3. The van der Waals surface area contributed by atoms with Gasteiger partial charge in [-0.25, -0.2) is 4.68 Å².